The van der Waals surface area contributed by atoms with E-state index < -0.39 is 0 Å². The van der Waals surface area contributed by atoms with Crippen LogP contribution in [0.5, 0.6) is 5.75 Å². The van der Waals surface area contributed by atoms with E-state index in [2.05, 4.69) is 6.92 Å². The van der Waals surface area contributed by atoms with E-state index in [-0.39, 0.29) is 30.2 Å². The van der Waals surface area contributed by atoms with Crippen molar-refractivity contribution in [2.45, 2.75) is 51.6 Å². The summed E-state index contributed by atoms with van der Waals surface area (Å²) < 4.78 is 18.7. The third kappa shape index (κ3) is 6.91. The predicted octanol–water partition coefficient (Wildman–Crippen LogP) is 5.27. The van der Waals surface area contributed by atoms with Crippen LogP contribution in [0.3, 0.4) is 0 Å². The number of hydrogen-bond acceptors (Lipinski definition) is 3. The van der Waals surface area contributed by atoms with Gasteiger partial charge in [-0.3, -0.25) is 9.59 Å². The fraction of sp³-hybridized carbons (Fsp3) is 0.407. The second-order valence-electron chi connectivity index (χ2n) is 8.38. The molecule has 0 aliphatic carbocycles. The van der Waals surface area contributed by atoms with E-state index in [0.29, 0.717) is 19.5 Å². The zero-order valence-electron chi connectivity index (χ0n) is 19.5. The number of carbonyl (C=O) groups excluding carboxylic acids is 2. The van der Waals surface area contributed by atoms with Crippen LogP contribution in [0.4, 0.5) is 4.39 Å². The average molecular weight is 453 g/mol. The molecule has 0 saturated carbocycles. The first-order valence-corrected chi connectivity index (χ1v) is 11.6. The maximum Gasteiger partial charge on any atom is 0.243 e. The number of benzene rings is 2. The van der Waals surface area contributed by atoms with Crippen LogP contribution in [0.2, 0.25) is 0 Å². The highest BCUT2D eigenvalue weighted by Crippen LogP contribution is 2.28. The Bertz CT molecular complexity index is 941. The largest absolute Gasteiger partial charge is 0.497 e. The van der Waals surface area contributed by atoms with Gasteiger partial charge in [0.15, 0.2) is 0 Å². The van der Waals surface area contributed by atoms with Gasteiger partial charge >= 0.3 is 0 Å². The van der Waals surface area contributed by atoms with Gasteiger partial charge in [0.25, 0.3) is 0 Å². The first-order chi connectivity index (χ1) is 16.0. The smallest absolute Gasteiger partial charge is 0.243 e. The molecule has 2 aromatic rings. The highest BCUT2D eigenvalue weighted by atomic mass is 19.1. The molecule has 0 radical (unpaired) electrons. The van der Waals surface area contributed by atoms with Gasteiger partial charge in [-0.05, 0) is 41.8 Å². The summed E-state index contributed by atoms with van der Waals surface area (Å²) in [6.45, 7) is 2.90. The summed E-state index contributed by atoms with van der Waals surface area (Å²) >= 11 is 0. The monoisotopic (exact) mass is 452 g/mol. The molecule has 1 atom stereocenters. The number of carbonyl (C=O) groups is 2. The maximum absolute atomic E-state index is 13.4. The number of methoxy groups -OCH3 is 1. The molecule has 1 heterocycles. The summed E-state index contributed by atoms with van der Waals surface area (Å²) in [4.78, 5) is 29.6. The van der Waals surface area contributed by atoms with Crippen LogP contribution in [0.15, 0.2) is 60.7 Å². The predicted molar refractivity (Wildman–Crippen MR) is 127 cm³/mol. The Morgan fingerprint density at radius 3 is 2.45 bits per heavy atom. The van der Waals surface area contributed by atoms with Crippen LogP contribution in [0.25, 0.3) is 0 Å². The number of halogens is 1. The Balaban J connectivity index is 1.83. The van der Waals surface area contributed by atoms with Crippen molar-refractivity contribution in [3.8, 4) is 5.75 Å². The van der Waals surface area contributed by atoms with Crippen molar-refractivity contribution in [1.82, 2.24) is 9.80 Å². The minimum atomic E-state index is -0.316. The molecule has 0 bridgehead atoms. The van der Waals surface area contributed by atoms with E-state index in [4.69, 9.17) is 4.74 Å². The van der Waals surface area contributed by atoms with Gasteiger partial charge in [0, 0.05) is 19.5 Å². The van der Waals surface area contributed by atoms with Crippen molar-refractivity contribution < 1.29 is 18.7 Å². The fourth-order valence-electron chi connectivity index (χ4n) is 4.01. The Morgan fingerprint density at radius 2 is 1.79 bits per heavy atom. The summed E-state index contributed by atoms with van der Waals surface area (Å²) in [5.41, 5.74) is 1.77. The summed E-state index contributed by atoms with van der Waals surface area (Å²) in [5.74, 6) is 0.300. The minimum absolute atomic E-state index is 0.00809. The van der Waals surface area contributed by atoms with E-state index in [1.165, 1.54) is 12.1 Å². The van der Waals surface area contributed by atoms with Crippen molar-refractivity contribution >= 4 is 11.8 Å². The van der Waals surface area contributed by atoms with Crippen LogP contribution in [-0.4, -0.2) is 41.8 Å². The molecule has 0 fully saturated rings. The van der Waals surface area contributed by atoms with Gasteiger partial charge in [0.1, 0.15) is 18.1 Å². The standard InChI is InChI=1S/C27H33FN2O3/c1-3-4-5-6-9-26(31)29-18-7-8-25(22-12-16-24(33-2)17-13-22)30(27(32)20-29)19-21-10-14-23(28)15-11-21/h7-8,10-17,25H,3-6,9,18-20H2,1-2H3/b8-7-. The molecule has 0 aromatic heterocycles. The second kappa shape index (κ2) is 12.2. The van der Waals surface area contributed by atoms with Crippen molar-refractivity contribution in [3.05, 3.63) is 77.6 Å². The van der Waals surface area contributed by atoms with Gasteiger partial charge in [-0.2, -0.15) is 0 Å². The number of unbranched alkanes of at least 4 members (excludes halogenated alkanes) is 3. The fourth-order valence-corrected chi connectivity index (χ4v) is 4.01. The lowest BCUT2D eigenvalue weighted by Gasteiger charge is -2.34. The number of rotatable bonds is 9. The molecule has 1 aliphatic heterocycles. The number of hydrogen-bond donors (Lipinski definition) is 0. The van der Waals surface area contributed by atoms with Crippen LogP contribution in [0, 0.1) is 5.82 Å². The number of nitrogens with zero attached hydrogens (tertiary/aromatic N) is 2. The quantitative estimate of drug-likeness (QED) is 0.385. The summed E-state index contributed by atoms with van der Waals surface area (Å²) in [7, 11) is 1.61. The van der Waals surface area contributed by atoms with Crippen molar-refractivity contribution in [2.75, 3.05) is 20.2 Å². The molecule has 3 rings (SSSR count). The summed E-state index contributed by atoms with van der Waals surface area (Å²) in [6, 6.07) is 13.5. The van der Waals surface area contributed by atoms with Crippen LogP contribution in [0.1, 0.15) is 56.2 Å². The summed E-state index contributed by atoms with van der Waals surface area (Å²) in [6.07, 6.45) is 8.49. The van der Waals surface area contributed by atoms with Gasteiger partial charge in [-0.1, -0.05) is 62.6 Å². The van der Waals surface area contributed by atoms with Gasteiger partial charge < -0.3 is 14.5 Å². The molecule has 6 heteroatoms. The SMILES string of the molecule is CCCCCCC(=O)N1C/C=C\C(c2ccc(OC)cc2)N(Cc2ccc(F)cc2)C(=O)C1. The third-order valence-electron chi connectivity index (χ3n) is 5.95. The van der Waals surface area contributed by atoms with Crippen LogP contribution < -0.4 is 4.74 Å². The highest BCUT2D eigenvalue weighted by Gasteiger charge is 2.28. The molecule has 33 heavy (non-hydrogen) atoms. The van der Waals surface area contributed by atoms with Crippen LogP contribution in [-0.2, 0) is 16.1 Å². The molecule has 1 unspecified atom stereocenters. The van der Waals surface area contributed by atoms with E-state index in [1.807, 2.05) is 36.4 Å². The van der Waals surface area contributed by atoms with Gasteiger partial charge in [-0.25, -0.2) is 4.39 Å². The van der Waals surface area contributed by atoms with Gasteiger partial charge in [0.2, 0.25) is 11.8 Å². The lowest BCUT2D eigenvalue weighted by atomic mass is 10.0. The number of amides is 2. The van der Waals surface area contributed by atoms with Crippen molar-refractivity contribution in [1.29, 1.82) is 0 Å². The number of ether oxygens (including phenoxy) is 1. The molecule has 0 N–H and O–H groups in total. The lowest BCUT2D eigenvalue weighted by Crippen LogP contribution is -2.45. The second-order valence-corrected chi connectivity index (χ2v) is 8.38. The van der Waals surface area contributed by atoms with Gasteiger partial charge in [-0.15, -0.1) is 0 Å². The Hall–Kier alpha value is -3.15. The van der Waals surface area contributed by atoms with Crippen LogP contribution >= 0.6 is 0 Å². The third-order valence-corrected chi connectivity index (χ3v) is 5.95. The molecule has 5 nitrogen and oxygen atoms in total. The molecule has 176 valence electrons. The first-order valence-electron chi connectivity index (χ1n) is 11.6. The zero-order valence-corrected chi connectivity index (χ0v) is 19.5. The molecular formula is C27H33FN2O3. The topological polar surface area (TPSA) is 49.9 Å². The van der Waals surface area contributed by atoms with Crippen molar-refractivity contribution in [3.63, 3.8) is 0 Å². The van der Waals surface area contributed by atoms with Crippen molar-refractivity contribution in [2.24, 2.45) is 0 Å². The van der Waals surface area contributed by atoms with E-state index in [1.54, 1.807) is 29.0 Å². The molecule has 0 saturated heterocycles. The average Bonchev–Trinajstić information content (AvgIpc) is 2.82. The minimum Gasteiger partial charge on any atom is -0.497 e. The Labute approximate surface area is 195 Å². The van der Waals surface area contributed by atoms with E-state index >= 15 is 0 Å². The Kier molecular flexibility index (Phi) is 9.04. The molecule has 0 spiro atoms. The molecular weight excluding hydrogens is 419 g/mol. The van der Waals surface area contributed by atoms with E-state index in [0.717, 1.165) is 42.6 Å². The Morgan fingerprint density at radius 1 is 1.06 bits per heavy atom. The normalized spacial score (nSPS) is 17.4. The first kappa shape index (κ1) is 24.5. The highest BCUT2D eigenvalue weighted by molar-refractivity contribution is 5.85. The molecule has 2 amide bonds. The molecule has 1 aliphatic rings. The lowest BCUT2D eigenvalue weighted by molar-refractivity contribution is -0.141. The summed E-state index contributed by atoms with van der Waals surface area (Å²) in [5, 5.41) is 0. The van der Waals surface area contributed by atoms with E-state index in [9.17, 15) is 14.0 Å². The molecule has 2 aromatic carbocycles. The maximum atomic E-state index is 13.4. The van der Waals surface area contributed by atoms with Gasteiger partial charge in [0.05, 0.1) is 13.2 Å². The zero-order chi connectivity index (χ0) is 23.6.